The molecule has 1 heterocycles. The minimum absolute atomic E-state index is 0.0214. The monoisotopic (exact) mass is 282 g/mol. The summed E-state index contributed by atoms with van der Waals surface area (Å²) < 4.78 is 15.4. The van der Waals surface area contributed by atoms with Crippen molar-refractivity contribution in [3.63, 3.8) is 0 Å². The van der Waals surface area contributed by atoms with Gasteiger partial charge in [-0.1, -0.05) is 6.07 Å². The number of hydrogen-bond acceptors (Lipinski definition) is 2. The molecule has 0 radical (unpaired) electrons. The molecule has 2 aromatic rings. The van der Waals surface area contributed by atoms with Gasteiger partial charge < -0.3 is 0 Å². The van der Waals surface area contributed by atoms with Crippen LogP contribution in [0.1, 0.15) is 16.1 Å². The zero-order valence-electron chi connectivity index (χ0n) is 8.45. The number of halogens is 2. The fraction of sp³-hybridized carbons (Fsp3) is 0.0909. The smallest absolute Gasteiger partial charge is 0.216 e. The van der Waals surface area contributed by atoms with E-state index in [0.29, 0.717) is 0 Å². The van der Waals surface area contributed by atoms with Crippen LogP contribution in [-0.2, 0) is 7.05 Å². The highest BCUT2D eigenvalue weighted by Crippen LogP contribution is 2.20. The van der Waals surface area contributed by atoms with Crippen LogP contribution in [0.4, 0.5) is 4.39 Å². The van der Waals surface area contributed by atoms with Crippen LogP contribution in [0.2, 0.25) is 0 Å². The van der Waals surface area contributed by atoms with Crippen molar-refractivity contribution >= 4 is 21.7 Å². The number of aromatic nitrogens is 2. The Morgan fingerprint density at radius 1 is 1.44 bits per heavy atom. The van der Waals surface area contributed by atoms with E-state index in [-0.39, 0.29) is 15.7 Å². The third kappa shape index (κ3) is 1.90. The minimum atomic E-state index is -0.557. The Morgan fingerprint density at radius 2 is 2.19 bits per heavy atom. The number of benzene rings is 1. The maximum absolute atomic E-state index is 13.6. The third-order valence-corrected chi connectivity index (χ3v) is 2.75. The van der Waals surface area contributed by atoms with Crippen LogP contribution in [0, 0.1) is 5.82 Å². The SMILES string of the molecule is Cn1ccc(C(=O)c2cccc(Br)c2F)n1. The van der Waals surface area contributed by atoms with E-state index >= 15 is 0 Å². The summed E-state index contributed by atoms with van der Waals surface area (Å²) in [4.78, 5) is 11.9. The molecule has 5 heteroatoms. The van der Waals surface area contributed by atoms with Crippen LogP contribution in [0.3, 0.4) is 0 Å². The van der Waals surface area contributed by atoms with E-state index in [0.717, 1.165) is 0 Å². The van der Waals surface area contributed by atoms with Crippen molar-refractivity contribution in [2.75, 3.05) is 0 Å². The van der Waals surface area contributed by atoms with Crippen molar-refractivity contribution in [2.45, 2.75) is 0 Å². The lowest BCUT2D eigenvalue weighted by Gasteiger charge is -2.01. The van der Waals surface area contributed by atoms with E-state index in [1.165, 1.54) is 10.7 Å². The van der Waals surface area contributed by atoms with Crippen LogP contribution >= 0.6 is 15.9 Å². The molecule has 0 unspecified atom stereocenters. The predicted molar refractivity (Wildman–Crippen MR) is 60.7 cm³/mol. The van der Waals surface area contributed by atoms with Crippen LogP contribution in [0.15, 0.2) is 34.9 Å². The maximum atomic E-state index is 13.6. The summed E-state index contributed by atoms with van der Waals surface area (Å²) in [5.74, 6) is -0.974. The molecular formula is C11H8BrFN2O. The summed E-state index contributed by atoms with van der Waals surface area (Å²) in [5, 5.41) is 3.94. The number of nitrogens with zero attached hydrogens (tertiary/aromatic N) is 2. The molecule has 0 N–H and O–H groups in total. The van der Waals surface area contributed by atoms with E-state index < -0.39 is 11.6 Å². The Labute approximate surface area is 100 Å². The average molecular weight is 283 g/mol. The molecule has 82 valence electrons. The highest BCUT2D eigenvalue weighted by Gasteiger charge is 2.17. The Balaban J connectivity index is 2.45. The van der Waals surface area contributed by atoms with Gasteiger partial charge in [0.2, 0.25) is 5.78 Å². The second-order valence-electron chi connectivity index (χ2n) is 3.31. The summed E-state index contributed by atoms with van der Waals surface area (Å²) in [5.41, 5.74) is 0.257. The Bertz CT molecular complexity index is 551. The van der Waals surface area contributed by atoms with Gasteiger partial charge in [0.05, 0.1) is 10.0 Å². The molecule has 0 fully saturated rings. The molecule has 0 atom stereocenters. The van der Waals surface area contributed by atoms with Gasteiger partial charge in [0.1, 0.15) is 11.5 Å². The zero-order valence-corrected chi connectivity index (χ0v) is 10.0. The maximum Gasteiger partial charge on any atom is 0.216 e. The molecule has 0 aliphatic carbocycles. The first kappa shape index (κ1) is 11.0. The highest BCUT2D eigenvalue weighted by atomic mass is 79.9. The Kier molecular flexibility index (Phi) is 2.87. The van der Waals surface area contributed by atoms with Crippen molar-refractivity contribution in [1.29, 1.82) is 0 Å². The fourth-order valence-corrected chi connectivity index (χ4v) is 1.72. The standard InChI is InChI=1S/C11H8BrFN2O/c1-15-6-5-9(14-15)11(16)7-3-2-4-8(12)10(7)13/h2-6H,1H3. The van der Waals surface area contributed by atoms with Gasteiger partial charge in [-0.2, -0.15) is 5.10 Å². The number of ketones is 1. The largest absolute Gasteiger partial charge is 0.287 e. The molecule has 0 amide bonds. The first-order valence-electron chi connectivity index (χ1n) is 4.58. The van der Waals surface area contributed by atoms with Gasteiger partial charge in [-0.15, -0.1) is 0 Å². The summed E-state index contributed by atoms with van der Waals surface area (Å²) >= 11 is 3.04. The lowest BCUT2D eigenvalue weighted by molar-refractivity contribution is 0.103. The summed E-state index contributed by atoms with van der Waals surface area (Å²) in [6, 6.07) is 6.16. The predicted octanol–water partition coefficient (Wildman–Crippen LogP) is 2.55. The number of carbonyl (C=O) groups excluding carboxylic acids is 1. The summed E-state index contributed by atoms with van der Waals surface area (Å²) in [6.07, 6.45) is 1.64. The van der Waals surface area contributed by atoms with Gasteiger partial charge in [-0.25, -0.2) is 4.39 Å². The van der Waals surface area contributed by atoms with E-state index in [1.54, 1.807) is 31.4 Å². The van der Waals surface area contributed by atoms with E-state index in [2.05, 4.69) is 21.0 Å². The van der Waals surface area contributed by atoms with E-state index in [9.17, 15) is 9.18 Å². The second kappa shape index (κ2) is 4.17. The quantitative estimate of drug-likeness (QED) is 0.794. The molecule has 3 nitrogen and oxygen atoms in total. The van der Waals surface area contributed by atoms with Crippen molar-refractivity contribution in [1.82, 2.24) is 9.78 Å². The fourth-order valence-electron chi connectivity index (χ4n) is 1.35. The van der Waals surface area contributed by atoms with E-state index in [4.69, 9.17) is 0 Å². The van der Waals surface area contributed by atoms with Crippen LogP contribution < -0.4 is 0 Å². The molecule has 0 spiro atoms. The number of hydrogen-bond donors (Lipinski definition) is 0. The minimum Gasteiger partial charge on any atom is -0.287 e. The Hall–Kier alpha value is -1.49. The molecule has 0 aliphatic heterocycles. The van der Waals surface area contributed by atoms with Gasteiger partial charge in [-0.3, -0.25) is 9.48 Å². The van der Waals surface area contributed by atoms with Gasteiger partial charge in [-0.05, 0) is 34.1 Å². The second-order valence-corrected chi connectivity index (χ2v) is 4.16. The molecule has 16 heavy (non-hydrogen) atoms. The topological polar surface area (TPSA) is 34.9 Å². The lowest BCUT2D eigenvalue weighted by atomic mass is 10.1. The number of rotatable bonds is 2. The zero-order chi connectivity index (χ0) is 11.7. The van der Waals surface area contributed by atoms with Gasteiger partial charge in [0, 0.05) is 13.2 Å². The van der Waals surface area contributed by atoms with Crippen LogP contribution in [0.25, 0.3) is 0 Å². The third-order valence-electron chi connectivity index (χ3n) is 2.14. The normalized spacial score (nSPS) is 10.4. The molecule has 0 bridgehead atoms. The molecular weight excluding hydrogens is 275 g/mol. The van der Waals surface area contributed by atoms with Gasteiger partial charge >= 0.3 is 0 Å². The van der Waals surface area contributed by atoms with E-state index in [1.807, 2.05) is 0 Å². The van der Waals surface area contributed by atoms with Gasteiger partial charge in [0.15, 0.2) is 0 Å². The molecule has 1 aromatic heterocycles. The van der Waals surface area contributed by atoms with Gasteiger partial charge in [0.25, 0.3) is 0 Å². The number of carbonyl (C=O) groups is 1. The highest BCUT2D eigenvalue weighted by molar-refractivity contribution is 9.10. The van der Waals surface area contributed by atoms with Crippen molar-refractivity contribution in [3.05, 3.63) is 52.0 Å². The van der Waals surface area contributed by atoms with Crippen molar-refractivity contribution < 1.29 is 9.18 Å². The molecule has 2 rings (SSSR count). The molecule has 0 saturated carbocycles. The van der Waals surface area contributed by atoms with Crippen molar-refractivity contribution in [3.8, 4) is 0 Å². The molecule has 1 aromatic carbocycles. The van der Waals surface area contributed by atoms with Crippen LogP contribution in [0.5, 0.6) is 0 Å². The summed E-state index contributed by atoms with van der Waals surface area (Å²) in [7, 11) is 1.70. The summed E-state index contributed by atoms with van der Waals surface area (Å²) in [6.45, 7) is 0. The first-order valence-corrected chi connectivity index (χ1v) is 5.37. The average Bonchev–Trinajstić information content (AvgIpc) is 2.68. The van der Waals surface area contributed by atoms with Crippen LogP contribution in [-0.4, -0.2) is 15.6 Å². The molecule has 0 aliphatic rings. The number of aryl methyl sites for hydroxylation is 1. The lowest BCUT2D eigenvalue weighted by Crippen LogP contribution is -2.06. The van der Waals surface area contributed by atoms with Crippen molar-refractivity contribution in [2.24, 2.45) is 7.05 Å². The molecule has 0 saturated heterocycles. The first-order chi connectivity index (χ1) is 7.59. The Morgan fingerprint density at radius 3 is 2.81 bits per heavy atom.